The number of aryl methyl sites for hydroxylation is 1. The van der Waals surface area contributed by atoms with Crippen LogP contribution in [0.25, 0.3) is 22.8 Å². The molecule has 0 atom stereocenters. The molecule has 2 N–H and O–H groups in total. The molecule has 0 radical (unpaired) electrons. The van der Waals surface area contributed by atoms with Gasteiger partial charge in [0.15, 0.2) is 0 Å². The van der Waals surface area contributed by atoms with Crippen LogP contribution in [0.5, 0.6) is 0 Å². The third-order valence-corrected chi connectivity index (χ3v) is 5.29. The number of alkyl halides is 3. The number of carboxylic acids is 1. The quantitative estimate of drug-likeness (QED) is 0.449. The van der Waals surface area contributed by atoms with Crippen molar-refractivity contribution in [3.63, 3.8) is 0 Å². The van der Waals surface area contributed by atoms with Crippen molar-refractivity contribution in [2.24, 2.45) is 0 Å². The van der Waals surface area contributed by atoms with Crippen molar-refractivity contribution in [2.45, 2.75) is 32.6 Å². The Morgan fingerprint density at radius 3 is 2.69 bits per heavy atom. The number of fused-ring (bicyclic) bond motifs is 1. The maximum atomic E-state index is 10.6. The summed E-state index contributed by atoms with van der Waals surface area (Å²) in [7, 11) is 0. The lowest BCUT2D eigenvalue weighted by Gasteiger charge is -2.19. The van der Waals surface area contributed by atoms with Crippen LogP contribution < -0.4 is 5.32 Å². The molecule has 0 saturated carbocycles. The number of nitrogens with one attached hydrogen (secondary N) is 1. The molecule has 5 rings (SSSR count). The first-order valence-corrected chi connectivity index (χ1v) is 10.6. The summed E-state index contributed by atoms with van der Waals surface area (Å²) in [4.78, 5) is 18.1. The molecule has 0 spiro atoms. The maximum absolute atomic E-state index is 10.6. The van der Waals surface area contributed by atoms with Crippen LogP contribution in [0, 0.1) is 6.92 Å². The van der Waals surface area contributed by atoms with Gasteiger partial charge in [-0.05, 0) is 36.6 Å². The van der Waals surface area contributed by atoms with Crippen molar-refractivity contribution in [3.05, 3.63) is 71.3 Å². The van der Waals surface area contributed by atoms with Crippen molar-refractivity contribution in [2.75, 3.05) is 6.54 Å². The Labute approximate surface area is 197 Å². The number of carboxylic acid groups (broad SMARTS) is 1. The van der Waals surface area contributed by atoms with E-state index in [1.807, 2.05) is 42.2 Å². The third kappa shape index (κ3) is 5.72. The highest BCUT2D eigenvalue weighted by Gasteiger charge is 2.38. The van der Waals surface area contributed by atoms with Crippen LogP contribution in [0.2, 0.25) is 0 Å². The topological polar surface area (TPSA) is 119 Å². The lowest BCUT2D eigenvalue weighted by Crippen LogP contribution is -2.24. The zero-order valence-electron chi connectivity index (χ0n) is 18.6. The molecular weight excluding hydrogens is 465 g/mol. The van der Waals surface area contributed by atoms with Crippen LogP contribution in [0.3, 0.4) is 0 Å². The molecule has 182 valence electrons. The Bertz CT molecular complexity index is 1320. The summed E-state index contributed by atoms with van der Waals surface area (Å²) in [5.41, 5.74) is 6.38. The predicted molar refractivity (Wildman–Crippen MR) is 118 cm³/mol. The standard InChI is InChI=1S/C21H20N6O.C2HF3O2/c1-14-19(18-7-8-22-9-16(18)10-23-14)20-25-21(28-26-20)17-11-24-27(13-17)12-15-5-3-2-4-6-15;3-2(4,5)1(6)7/h2-6,10-11,13,22H,7-9,12H2,1H3;(H,6,7). The number of halogens is 3. The zero-order valence-corrected chi connectivity index (χ0v) is 18.6. The van der Waals surface area contributed by atoms with Crippen molar-refractivity contribution < 1.29 is 27.6 Å². The fourth-order valence-electron chi connectivity index (χ4n) is 3.64. The lowest BCUT2D eigenvalue weighted by atomic mass is 9.95. The SMILES string of the molecule is Cc1ncc2c(c1-c1noc(-c3cnn(Cc4ccccc4)c3)n1)CCNC2.O=C(O)C(F)(F)F. The van der Waals surface area contributed by atoms with Gasteiger partial charge in [-0.1, -0.05) is 35.5 Å². The van der Waals surface area contributed by atoms with Crippen LogP contribution in [-0.2, 0) is 24.3 Å². The second-order valence-electron chi connectivity index (χ2n) is 7.79. The summed E-state index contributed by atoms with van der Waals surface area (Å²) < 4.78 is 39.2. The number of rotatable bonds is 4. The van der Waals surface area contributed by atoms with E-state index in [9.17, 15) is 13.2 Å². The number of pyridine rings is 1. The van der Waals surface area contributed by atoms with Crippen molar-refractivity contribution in [3.8, 4) is 22.8 Å². The van der Waals surface area contributed by atoms with E-state index >= 15 is 0 Å². The smallest absolute Gasteiger partial charge is 0.475 e. The average Bonchev–Trinajstić information content (AvgIpc) is 3.49. The first kappa shape index (κ1) is 24.1. The summed E-state index contributed by atoms with van der Waals surface area (Å²) >= 11 is 0. The fraction of sp³-hybridized carbons (Fsp3) is 0.261. The highest BCUT2D eigenvalue weighted by molar-refractivity contribution is 5.73. The summed E-state index contributed by atoms with van der Waals surface area (Å²) in [6.45, 7) is 4.46. The van der Waals surface area contributed by atoms with Gasteiger partial charge < -0.3 is 14.9 Å². The number of hydrogen-bond donors (Lipinski definition) is 2. The van der Waals surface area contributed by atoms with Gasteiger partial charge in [0.2, 0.25) is 5.82 Å². The highest BCUT2D eigenvalue weighted by Crippen LogP contribution is 2.30. The van der Waals surface area contributed by atoms with Gasteiger partial charge in [0.1, 0.15) is 0 Å². The Morgan fingerprint density at radius 2 is 1.97 bits per heavy atom. The molecule has 0 bridgehead atoms. The van der Waals surface area contributed by atoms with Gasteiger partial charge in [0.05, 0.1) is 18.3 Å². The minimum atomic E-state index is -5.08. The predicted octanol–water partition coefficient (Wildman–Crippen LogP) is 3.63. The monoisotopic (exact) mass is 486 g/mol. The number of nitrogens with zero attached hydrogens (tertiary/aromatic N) is 5. The molecule has 1 aliphatic rings. The Kier molecular flexibility index (Phi) is 6.92. The third-order valence-electron chi connectivity index (χ3n) is 5.29. The Hall–Kier alpha value is -4.06. The van der Waals surface area contributed by atoms with Crippen LogP contribution in [-0.4, -0.2) is 48.7 Å². The first-order chi connectivity index (χ1) is 16.7. The molecule has 12 heteroatoms. The Balaban J connectivity index is 0.000000364. The molecule has 0 amide bonds. The number of aromatic nitrogens is 5. The van der Waals surface area contributed by atoms with Gasteiger partial charge in [-0.15, -0.1) is 0 Å². The van der Waals surface area contributed by atoms with E-state index in [1.54, 1.807) is 6.20 Å². The van der Waals surface area contributed by atoms with Crippen molar-refractivity contribution in [1.29, 1.82) is 0 Å². The van der Waals surface area contributed by atoms with Gasteiger partial charge in [0.25, 0.3) is 5.89 Å². The van der Waals surface area contributed by atoms with E-state index < -0.39 is 12.1 Å². The molecule has 35 heavy (non-hydrogen) atoms. The van der Waals surface area contributed by atoms with Crippen LogP contribution >= 0.6 is 0 Å². The van der Waals surface area contributed by atoms with Crippen LogP contribution in [0.4, 0.5) is 13.2 Å². The molecule has 1 aliphatic heterocycles. The molecule has 0 aliphatic carbocycles. The molecule has 0 fully saturated rings. The van der Waals surface area contributed by atoms with E-state index in [-0.39, 0.29) is 0 Å². The minimum absolute atomic E-state index is 0.472. The van der Waals surface area contributed by atoms with E-state index in [2.05, 4.69) is 37.7 Å². The number of aliphatic carboxylic acids is 1. The first-order valence-electron chi connectivity index (χ1n) is 10.6. The van der Waals surface area contributed by atoms with E-state index in [4.69, 9.17) is 14.4 Å². The molecule has 4 heterocycles. The molecule has 4 aromatic rings. The summed E-state index contributed by atoms with van der Waals surface area (Å²) in [5.74, 6) is -1.69. The zero-order chi connectivity index (χ0) is 25.0. The molecule has 9 nitrogen and oxygen atoms in total. The second kappa shape index (κ2) is 10.1. The van der Waals surface area contributed by atoms with Gasteiger partial charge in [-0.3, -0.25) is 9.67 Å². The fourth-order valence-corrected chi connectivity index (χ4v) is 3.64. The maximum Gasteiger partial charge on any atom is 0.490 e. The normalized spacial score (nSPS) is 13.0. The van der Waals surface area contributed by atoms with Gasteiger partial charge >= 0.3 is 12.1 Å². The summed E-state index contributed by atoms with van der Waals surface area (Å²) in [5, 5.41) is 19.2. The summed E-state index contributed by atoms with van der Waals surface area (Å²) in [6.07, 6.45) is 1.48. The van der Waals surface area contributed by atoms with E-state index in [0.717, 1.165) is 36.3 Å². The Morgan fingerprint density at radius 1 is 1.23 bits per heavy atom. The van der Waals surface area contributed by atoms with Crippen molar-refractivity contribution >= 4 is 5.97 Å². The van der Waals surface area contributed by atoms with Crippen LogP contribution in [0.1, 0.15) is 22.4 Å². The second-order valence-corrected chi connectivity index (χ2v) is 7.79. The van der Waals surface area contributed by atoms with Crippen LogP contribution in [0.15, 0.2) is 53.4 Å². The van der Waals surface area contributed by atoms with Gasteiger partial charge in [-0.2, -0.15) is 23.3 Å². The molecule has 0 unspecified atom stereocenters. The van der Waals surface area contributed by atoms with E-state index in [0.29, 0.717) is 18.3 Å². The summed E-state index contributed by atoms with van der Waals surface area (Å²) in [6, 6.07) is 10.2. The van der Waals surface area contributed by atoms with E-state index in [1.165, 1.54) is 16.7 Å². The number of benzene rings is 1. The van der Waals surface area contributed by atoms with Gasteiger partial charge in [-0.25, -0.2) is 4.79 Å². The largest absolute Gasteiger partial charge is 0.490 e. The minimum Gasteiger partial charge on any atom is -0.475 e. The molecule has 1 aromatic carbocycles. The van der Waals surface area contributed by atoms with Gasteiger partial charge in [0, 0.05) is 30.2 Å². The molecule has 3 aromatic heterocycles. The average molecular weight is 486 g/mol. The highest BCUT2D eigenvalue weighted by atomic mass is 19.4. The molecule has 0 saturated heterocycles. The van der Waals surface area contributed by atoms with Crippen molar-refractivity contribution in [1.82, 2.24) is 30.2 Å². The number of carbonyl (C=O) groups is 1. The number of hydrogen-bond acceptors (Lipinski definition) is 7. The lowest BCUT2D eigenvalue weighted by molar-refractivity contribution is -0.192. The molecular formula is C23H21F3N6O3.